The minimum atomic E-state index is -0.215. The van der Waals surface area contributed by atoms with Gasteiger partial charge in [-0.05, 0) is 44.0 Å². The van der Waals surface area contributed by atoms with Gasteiger partial charge in [0.15, 0.2) is 5.13 Å². The summed E-state index contributed by atoms with van der Waals surface area (Å²) in [4.78, 5) is 25.4. The third-order valence-corrected chi connectivity index (χ3v) is 5.71. The lowest BCUT2D eigenvalue weighted by atomic mass is 10.2. The number of hydrogen-bond donors (Lipinski definition) is 1. The van der Waals surface area contributed by atoms with Crippen LogP contribution >= 0.6 is 23.1 Å². The van der Waals surface area contributed by atoms with Crippen molar-refractivity contribution in [3.63, 3.8) is 0 Å². The fraction of sp³-hybridized carbons (Fsp3) is 0.294. The molecule has 3 aromatic rings. The number of rotatable bonds is 5. The highest BCUT2D eigenvalue weighted by Crippen LogP contribution is 2.29. The van der Waals surface area contributed by atoms with Gasteiger partial charge in [-0.3, -0.25) is 4.79 Å². The lowest BCUT2D eigenvalue weighted by Crippen LogP contribution is -2.24. The number of hydrogen-bond acceptors (Lipinski definition) is 6. The molecule has 0 saturated carbocycles. The number of carbonyl (C=O) groups is 1. The number of nitrogens with zero attached hydrogens (tertiary/aromatic N) is 3. The van der Waals surface area contributed by atoms with Gasteiger partial charge in [-0.1, -0.05) is 36.1 Å². The number of fused-ring (bicyclic) bond motifs is 1. The van der Waals surface area contributed by atoms with E-state index < -0.39 is 0 Å². The first-order valence-corrected chi connectivity index (χ1v) is 9.38. The van der Waals surface area contributed by atoms with Crippen LogP contribution in [0, 0.1) is 13.8 Å². The van der Waals surface area contributed by atoms with Crippen molar-refractivity contribution >= 4 is 44.4 Å². The van der Waals surface area contributed by atoms with Crippen molar-refractivity contribution in [3.05, 3.63) is 41.9 Å². The lowest BCUT2D eigenvalue weighted by molar-refractivity contribution is -0.115. The Morgan fingerprint density at radius 3 is 2.88 bits per heavy atom. The average Bonchev–Trinajstić information content (AvgIpc) is 2.93. The van der Waals surface area contributed by atoms with Crippen LogP contribution in [0.1, 0.15) is 24.6 Å². The lowest BCUT2D eigenvalue weighted by Gasteiger charge is -2.12. The maximum atomic E-state index is 12.6. The van der Waals surface area contributed by atoms with Crippen LogP contribution in [0.4, 0.5) is 5.13 Å². The number of amides is 1. The fourth-order valence-electron chi connectivity index (χ4n) is 2.23. The summed E-state index contributed by atoms with van der Waals surface area (Å²) in [5.41, 5.74) is 2.99. The largest absolute Gasteiger partial charge is 0.301 e. The summed E-state index contributed by atoms with van der Waals surface area (Å²) in [5.74, 6) is -0.0467. The molecule has 1 amide bonds. The number of carbonyl (C=O) groups excluding carboxylic acids is 1. The predicted molar refractivity (Wildman–Crippen MR) is 99.7 cm³/mol. The Hall–Kier alpha value is -1.99. The van der Waals surface area contributed by atoms with Gasteiger partial charge in [0.05, 0.1) is 15.5 Å². The van der Waals surface area contributed by atoms with E-state index in [0.717, 1.165) is 20.9 Å². The second-order valence-electron chi connectivity index (χ2n) is 5.49. The van der Waals surface area contributed by atoms with Gasteiger partial charge in [0.1, 0.15) is 11.4 Å². The highest BCUT2D eigenvalue weighted by molar-refractivity contribution is 8.00. The first kappa shape index (κ1) is 16.9. The number of benzene rings is 1. The van der Waals surface area contributed by atoms with E-state index in [9.17, 15) is 4.79 Å². The first-order valence-electron chi connectivity index (χ1n) is 7.68. The fourth-order valence-corrected chi connectivity index (χ4v) is 4.17. The van der Waals surface area contributed by atoms with Crippen LogP contribution in [0.25, 0.3) is 10.2 Å². The average molecular weight is 358 g/mol. The number of anilines is 1. The zero-order valence-corrected chi connectivity index (χ0v) is 15.4. The molecule has 24 heavy (non-hydrogen) atoms. The molecule has 0 fully saturated rings. The highest BCUT2D eigenvalue weighted by Gasteiger charge is 2.20. The van der Waals surface area contributed by atoms with E-state index in [-0.39, 0.29) is 11.2 Å². The number of thiazole rings is 1. The first-order chi connectivity index (χ1) is 11.5. The van der Waals surface area contributed by atoms with Gasteiger partial charge in [0, 0.05) is 5.69 Å². The number of aromatic nitrogens is 3. The molecule has 0 aliphatic carbocycles. The van der Waals surface area contributed by atoms with E-state index in [2.05, 4.69) is 26.3 Å². The summed E-state index contributed by atoms with van der Waals surface area (Å²) in [6.07, 6.45) is 2.24. The topological polar surface area (TPSA) is 67.8 Å². The van der Waals surface area contributed by atoms with Crippen molar-refractivity contribution in [2.75, 3.05) is 5.32 Å². The Morgan fingerprint density at radius 2 is 2.12 bits per heavy atom. The standard InChI is InChI=1S/C17H18N4OS2/c1-4-13(23-15-8-11(3)18-9-19-15)16(22)21-17-20-12-6-5-10(2)7-14(12)24-17/h5-9,13H,4H2,1-3H3,(H,20,21,22). The molecule has 0 bridgehead atoms. The van der Waals surface area contributed by atoms with E-state index in [1.807, 2.05) is 39.0 Å². The summed E-state index contributed by atoms with van der Waals surface area (Å²) < 4.78 is 1.08. The van der Waals surface area contributed by atoms with Gasteiger partial charge in [0.25, 0.3) is 0 Å². The monoisotopic (exact) mass is 358 g/mol. The van der Waals surface area contributed by atoms with Crippen LogP contribution < -0.4 is 5.32 Å². The number of aryl methyl sites for hydroxylation is 2. The molecule has 2 heterocycles. The van der Waals surface area contributed by atoms with Gasteiger partial charge >= 0.3 is 0 Å². The molecule has 7 heteroatoms. The van der Waals surface area contributed by atoms with E-state index in [1.165, 1.54) is 35.0 Å². The molecule has 0 saturated heterocycles. The maximum Gasteiger partial charge on any atom is 0.239 e. The van der Waals surface area contributed by atoms with E-state index in [4.69, 9.17) is 0 Å². The molecule has 0 spiro atoms. The molecule has 0 aliphatic rings. The molecule has 2 aromatic heterocycles. The summed E-state index contributed by atoms with van der Waals surface area (Å²) in [6.45, 7) is 5.95. The Kier molecular flexibility index (Phi) is 5.11. The molecular formula is C17H18N4OS2. The smallest absolute Gasteiger partial charge is 0.239 e. The molecule has 0 radical (unpaired) electrons. The third kappa shape index (κ3) is 3.91. The van der Waals surface area contributed by atoms with Gasteiger partial charge in [-0.2, -0.15) is 0 Å². The van der Waals surface area contributed by atoms with Crippen molar-refractivity contribution in [2.24, 2.45) is 0 Å². The van der Waals surface area contributed by atoms with Crippen LogP contribution in [-0.4, -0.2) is 26.1 Å². The number of nitrogens with one attached hydrogen (secondary N) is 1. The maximum absolute atomic E-state index is 12.6. The Bertz CT molecular complexity index is 878. The molecule has 124 valence electrons. The van der Waals surface area contributed by atoms with Crippen molar-refractivity contribution in [2.45, 2.75) is 37.5 Å². The van der Waals surface area contributed by atoms with Crippen LogP contribution in [0.15, 0.2) is 35.6 Å². The predicted octanol–water partition coefficient (Wildman–Crippen LogP) is 4.21. The highest BCUT2D eigenvalue weighted by atomic mass is 32.2. The van der Waals surface area contributed by atoms with E-state index >= 15 is 0 Å². The normalized spacial score (nSPS) is 12.3. The summed E-state index contributed by atoms with van der Waals surface area (Å²) >= 11 is 2.95. The second-order valence-corrected chi connectivity index (χ2v) is 7.75. The van der Waals surface area contributed by atoms with Gasteiger partial charge in [-0.25, -0.2) is 15.0 Å². The molecule has 1 N–H and O–H groups in total. The summed E-state index contributed by atoms with van der Waals surface area (Å²) in [6, 6.07) is 7.97. The Morgan fingerprint density at radius 1 is 1.29 bits per heavy atom. The van der Waals surface area contributed by atoms with Crippen LogP contribution in [-0.2, 0) is 4.79 Å². The summed E-state index contributed by atoms with van der Waals surface area (Å²) in [5, 5.41) is 4.17. The molecule has 1 aromatic carbocycles. The zero-order chi connectivity index (χ0) is 17.1. The molecule has 0 aliphatic heterocycles. The molecule has 3 rings (SSSR count). The quantitative estimate of drug-likeness (QED) is 0.546. The molecule has 1 unspecified atom stereocenters. The van der Waals surface area contributed by atoms with Gasteiger partial charge < -0.3 is 5.32 Å². The minimum Gasteiger partial charge on any atom is -0.301 e. The Balaban J connectivity index is 1.73. The van der Waals surface area contributed by atoms with Gasteiger partial charge in [-0.15, -0.1) is 0 Å². The van der Waals surface area contributed by atoms with Crippen LogP contribution in [0.3, 0.4) is 0 Å². The van der Waals surface area contributed by atoms with Crippen molar-refractivity contribution < 1.29 is 4.79 Å². The van der Waals surface area contributed by atoms with Crippen molar-refractivity contribution in [1.29, 1.82) is 0 Å². The number of thioether (sulfide) groups is 1. The molecule has 1 atom stereocenters. The van der Waals surface area contributed by atoms with Crippen LogP contribution in [0.5, 0.6) is 0 Å². The van der Waals surface area contributed by atoms with Gasteiger partial charge in [0.2, 0.25) is 5.91 Å². The zero-order valence-electron chi connectivity index (χ0n) is 13.7. The minimum absolute atomic E-state index is 0.0467. The third-order valence-electron chi connectivity index (χ3n) is 3.48. The van der Waals surface area contributed by atoms with E-state index in [1.54, 1.807) is 0 Å². The van der Waals surface area contributed by atoms with E-state index in [0.29, 0.717) is 11.6 Å². The Labute approximate surface area is 148 Å². The summed E-state index contributed by atoms with van der Waals surface area (Å²) in [7, 11) is 0. The second kappa shape index (κ2) is 7.27. The SMILES string of the molecule is CCC(Sc1cc(C)ncn1)C(=O)Nc1nc2ccc(C)cc2s1. The molecular weight excluding hydrogens is 340 g/mol. The molecule has 5 nitrogen and oxygen atoms in total. The van der Waals surface area contributed by atoms with Crippen molar-refractivity contribution in [1.82, 2.24) is 15.0 Å². The van der Waals surface area contributed by atoms with Crippen molar-refractivity contribution in [3.8, 4) is 0 Å². The van der Waals surface area contributed by atoms with Crippen LogP contribution in [0.2, 0.25) is 0 Å².